The molecule has 0 saturated carbocycles. The van der Waals surface area contributed by atoms with E-state index in [1.54, 1.807) is 0 Å². The van der Waals surface area contributed by atoms with Gasteiger partial charge in [0.25, 0.3) is 0 Å². The number of rotatable bonds is 8. The van der Waals surface area contributed by atoms with E-state index >= 15 is 0 Å². The molecule has 3 rings (SSSR count). The molecule has 0 spiro atoms. The predicted molar refractivity (Wildman–Crippen MR) is 107 cm³/mol. The van der Waals surface area contributed by atoms with Crippen LogP contribution in [0.4, 0.5) is 0 Å². The molecule has 2 N–H and O–H groups in total. The third-order valence-electron chi connectivity index (χ3n) is 4.51. The van der Waals surface area contributed by atoms with E-state index < -0.39 is 6.04 Å². The number of aromatic nitrogens is 3. The molecular formula is C21H25N5O2. The number of pyridine rings is 1. The van der Waals surface area contributed by atoms with Crippen molar-refractivity contribution in [3.63, 3.8) is 0 Å². The van der Waals surface area contributed by atoms with Crippen LogP contribution in [0, 0.1) is 5.92 Å². The summed E-state index contributed by atoms with van der Waals surface area (Å²) in [6.45, 7) is 4.25. The maximum absolute atomic E-state index is 12.6. The summed E-state index contributed by atoms with van der Waals surface area (Å²) in [4.78, 5) is 24.9. The molecule has 0 unspecified atom stereocenters. The Morgan fingerprint density at radius 1 is 1.04 bits per heavy atom. The van der Waals surface area contributed by atoms with Crippen molar-refractivity contribution in [3.8, 4) is 0 Å². The number of hydrogen-bond donors (Lipinski definition) is 2. The van der Waals surface area contributed by atoms with Crippen LogP contribution >= 0.6 is 0 Å². The first-order chi connectivity index (χ1) is 13.5. The maximum atomic E-state index is 12.6. The van der Waals surface area contributed by atoms with E-state index in [1.165, 1.54) is 0 Å². The second-order valence-electron chi connectivity index (χ2n) is 7.04. The molecule has 7 heteroatoms. The lowest BCUT2D eigenvalue weighted by Gasteiger charge is -2.21. The fourth-order valence-electron chi connectivity index (χ4n) is 3.01. The molecule has 1 aromatic carbocycles. The molecule has 0 fully saturated rings. The summed E-state index contributed by atoms with van der Waals surface area (Å²) in [5.74, 6) is 0.410. The van der Waals surface area contributed by atoms with Crippen molar-refractivity contribution in [2.24, 2.45) is 5.92 Å². The normalized spacial score (nSPS) is 12.1. The van der Waals surface area contributed by atoms with Gasteiger partial charge in [-0.15, -0.1) is 10.2 Å². The topological polar surface area (TPSA) is 88.4 Å². The van der Waals surface area contributed by atoms with E-state index in [2.05, 4.69) is 20.8 Å². The Kier molecular flexibility index (Phi) is 6.37. The number of hydrogen-bond acceptors (Lipinski definition) is 4. The Labute approximate surface area is 164 Å². The van der Waals surface area contributed by atoms with Gasteiger partial charge in [-0.1, -0.05) is 50.2 Å². The SMILES string of the molecule is CC(C)[C@@H](NC(=O)Cc1ccccc1)C(=O)NCCc1nnc2ccccn12. The van der Waals surface area contributed by atoms with Crippen LogP contribution in [0.15, 0.2) is 54.7 Å². The van der Waals surface area contributed by atoms with Gasteiger partial charge in [0.05, 0.1) is 6.42 Å². The lowest BCUT2D eigenvalue weighted by molar-refractivity contribution is -0.129. The number of benzene rings is 1. The number of nitrogens with zero attached hydrogens (tertiary/aromatic N) is 3. The second kappa shape index (κ2) is 9.12. The molecule has 2 heterocycles. The number of carbonyl (C=O) groups excluding carboxylic acids is 2. The van der Waals surface area contributed by atoms with Gasteiger partial charge in [-0.3, -0.25) is 14.0 Å². The molecule has 146 valence electrons. The van der Waals surface area contributed by atoms with Crippen molar-refractivity contribution in [1.29, 1.82) is 0 Å². The molecular weight excluding hydrogens is 354 g/mol. The first-order valence-corrected chi connectivity index (χ1v) is 9.44. The summed E-state index contributed by atoms with van der Waals surface area (Å²) in [5.41, 5.74) is 1.69. The molecule has 28 heavy (non-hydrogen) atoms. The first-order valence-electron chi connectivity index (χ1n) is 9.44. The van der Waals surface area contributed by atoms with Crippen molar-refractivity contribution in [1.82, 2.24) is 25.2 Å². The average Bonchev–Trinajstić information content (AvgIpc) is 3.10. The van der Waals surface area contributed by atoms with Gasteiger partial charge in [0.15, 0.2) is 5.65 Å². The largest absolute Gasteiger partial charge is 0.354 e. The zero-order chi connectivity index (χ0) is 19.9. The smallest absolute Gasteiger partial charge is 0.242 e. The van der Waals surface area contributed by atoms with Gasteiger partial charge in [-0.2, -0.15) is 0 Å². The van der Waals surface area contributed by atoms with Crippen LogP contribution < -0.4 is 10.6 Å². The van der Waals surface area contributed by atoms with Gasteiger partial charge in [0.1, 0.15) is 11.9 Å². The molecule has 3 aromatic rings. The van der Waals surface area contributed by atoms with Crippen LogP contribution in [0.3, 0.4) is 0 Å². The van der Waals surface area contributed by atoms with Gasteiger partial charge in [0, 0.05) is 19.2 Å². The second-order valence-corrected chi connectivity index (χ2v) is 7.04. The minimum atomic E-state index is -0.577. The Morgan fingerprint density at radius 3 is 2.54 bits per heavy atom. The number of carbonyl (C=O) groups is 2. The molecule has 7 nitrogen and oxygen atoms in total. The summed E-state index contributed by atoms with van der Waals surface area (Å²) in [7, 11) is 0. The van der Waals surface area contributed by atoms with Crippen molar-refractivity contribution in [2.45, 2.75) is 32.7 Å². The number of amides is 2. The van der Waals surface area contributed by atoms with Crippen LogP contribution in [0.1, 0.15) is 25.2 Å². The molecule has 2 aromatic heterocycles. The fraction of sp³-hybridized carbons (Fsp3) is 0.333. The Hall–Kier alpha value is -3.22. The van der Waals surface area contributed by atoms with E-state index in [1.807, 2.05) is 73.0 Å². The van der Waals surface area contributed by atoms with E-state index in [4.69, 9.17) is 0 Å². The summed E-state index contributed by atoms with van der Waals surface area (Å²) >= 11 is 0. The monoisotopic (exact) mass is 379 g/mol. The van der Waals surface area contributed by atoms with Gasteiger partial charge in [-0.25, -0.2) is 0 Å². The number of nitrogens with one attached hydrogen (secondary N) is 2. The van der Waals surface area contributed by atoms with Crippen LogP contribution in [0.5, 0.6) is 0 Å². The Balaban J connectivity index is 1.53. The molecule has 0 bridgehead atoms. The predicted octanol–water partition coefficient (Wildman–Crippen LogP) is 1.77. The zero-order valence-corrected chi connectivity index (χ0v) is 16.1. The highest BCUT2D eigenvalue weighted by Crippen LogP contribution is 2.06. The Morgan fingerprint density at radius 2 is 1.79 bits per heavy atom. The standard InChI is InChI=1S/C21H25N5O2/c1-15(2)20(23-19(27)14-16-8-4-3-5-9-16)21(28)22-12-11-18-25-24-17-10-6-7-13-26(17)18/h3-10,13,15,20H,11-12,14H2,1-2H3,(H,22,28)(H,23,27)/t20-/m1/s1. The molecule has 0 aliphatic rings. The van der Waals surface area contributed by atoms with Gasteiger partial charge in [0.2, 0.25) is 11.8 Å². The summed E-state index contributed by atoms with van der Waals surface area (Å²) in [6.07, 6.45) is 2.70. The lowest BCUT2D eigenvalue weighted by atomic mass is 10.0. The quantitative estimate of drug-likeness (QED) is 0.624. The fourth-order valence-corrected chi connectivity index (χ4v) is 3.01. The van der Waals surface area contributed by atoms with E-state index in [0.29, 0.717) is 13.0 Å². The van der Waals surface area contributed by atoms with Crippen molar-refractivity contribution < 1.29 is 9.59 Å². The highest BCUT2D eigenvalue weighted by Gasteiger charge is 2.24. The zero-order valence-electron chi connectivity index (χ0n) is 16.1. The third-order valence-corrected chi connectivity index (χ3v) is 4.51. The first kappa shape index (κ1) is 19.5. The van der Waals surface area contributed by atoms with Crippen molar-refractivity contribution >= 4 is 17.5 Å². The minimum Gasteiger partial charge on any atom is -0.354 e. The third kappa shape index (κ3) is 4.94. The molecule has 0 aliphatic carbocycles. The van der Waals surface area contributed by atoms with Gasteiger partial charge < -0.3 is 10.6 Å². The summed E-state index contributed by atoms with van der Waals surface area (Å²) < 4.78 is 1.90. The Bertz CT molecular complexity index is 936. The lowest BCUT2D eigenvalue weighted by Crippen LogP contribution is -2.50. The highest BCUT2D eigenvalue weighted by molar-refractivity contribution is 5.88. The highest BCUT2D eigenvalue weighted by atomic mass is 16.2. The molecule has 1 atom stereocenters. The van der Waals surface area contributed by atoms with Crippen LogP contribution in [0.25, 0.3) is 5.65 Å². The molecule has 0 radical (unpaired) electrons. The summed E-state index contributed by atoms with van der Waals surface area (Å²) in [6, 6.07) is 14.6. The number of fused-ring (bicyclic) bond motifs is 1. The van der Waals surface area contributed by atoms with Crippen molar-refractivity contribution in [3.05, 3.63) is 66.1 Å². The van der Waals surface area contributed by atoms with Crippen LogP contribution in [-0.2, 0) is 22.4 Å². The molecule has 2 amide bonds. The van der Waals surface area contributed by atoms with Crippen LogP contribution in [-0.4, -0.2) is 39.0 Å². The van der Waals surface area contributed by atoms with Gasteiger partial charge in [-0.05, 0) is 23.6 Å². The van der Waals surface area contributed by atoms with E-state index in [9.17, 15) is 9.59 Å². The molecule has 0 saturated heterocycles. The maximum Gasteiger partial charge on any atom is 0.242 e. The van der Waals surface area contributed by atoms with Crippen molar-refractivity contribution in [2.75, 3.05) is 6.54 Å². The molecule has 0 aliphatic heterocycles. The average molecular weight is 379 g/mol. The minimum absolute atomic E-state index is 0.0198. The summed E-state index contributed by atoms with van der Waals surface area (Å²) in [5, 5.41) is 14.0. The van der Waals surface area contributed by atoms with Gasteiger partial charge >= 0.3 is 0 Å². The van der Waals surface area contributed by atoms with E-state index in [0.717, 1.165) is 17.0 Å². The van der Waals surface area contributed by atoms with Crippen LogP contribution in [0.2, 0.25) is 0 Å². The van der Waals surface area contributed by atoms with E-state index in [-0.39, 0.29) is 24.2 Å².